The zero-order valence-electron chi connectivity index (χ0n) is 17.3. The Kier molecular flexibility index (Phi) is 6.90. The summed E-state index contributed by atoms with van der Waals surface area (Å²) in [5.41, 5.74) is 1.34. The first kappa shape index (κ1) is 21.2. The van der Waals surface area contributed by atoms with Crippen molar-refractivity contribution in [3.05, 3.63) is 58.6 Å². The summed E-state index contributed by atoms with van der Waals surface area (Å²) in [6, 6.07) is 10.7. The van der Waals surface area contributed by atoms with Crippen molar-refractivity contribution in [2.24, 2.45) is 0 Å². The van der Waals surface area contributed by atoms with Gasteiger partial charge in [-0.2, -0.15) is 0 Å². The number of hydrogen-bond acceptors (Lipinski definition) is 6. The fourth-order valence-electron chi connectivity index (χ4n) is 3.19. The molecule has 1 heterocycles. The van der Waals surface area contributed by atoms with Gasteiger partial charge in [0.2, 0.25) is 5.91 Å². The van der Waals surface area contributed by atoms with E-state index in [4.69, 9.17) is 14.2 Å². The number of nitrogens with zero attached hydrogens (tertiary/aromatic N) is 2. The number of aromatic nitrogens is 2. The second-order valence-electron chi connectivity index (χ2n) is 6.66. The van der Waals surface area contributed by atoms with Crippen molar-refractivity contribution in [2.75, 3.05) is 21.3 Å². The maximum absolute atomic E-state index is 12.5. The van der Waals surface area contributed by atoms with Crippen molar-refractivity contribution < 1.29 is 19.0 Å². The molecule has 3 rings (SSSR count). The zero-order chi connectivity index (χ0) is 21.5. The fourth-order valence-corrected chi connectivity index (χ4v) is 3.19. The van der Waals surface area contributed by atoms with Gasteiger partial charge in [-0.1, -0.05) is 12.1 Å². The molecule has 1 N–H and O–H groups in total. The summed E-state index contributed by atoms with van der Waals surface area (Å²) < 4.78 is 17.5. The van der Waals surface area contributed by atoms with Gasteiger partial charge in [0.25, 0.3) is 5.56 Å². The number of para-hydroxylation sites is 1. The molecule has 0 aliphatic rings. The molecule has 158 valence electrons. The number of rotatable bonds is 9. The molecule has 0 saturated carbocycles. The van der Waals surface area contributed by atoms with Gasteiger partial charge in [0.1, 0.15) is 5.75 Å². The molecule has 1 amide bonds. The van der Waals surface area contributed by atoms with E-state index < -0.39 is 0 Å². The topological polar surface area (TPSA) is 91.7 Å². The lowest BCUT2D eigenvalue weighted by atomic mass is 10.1. The van der Waals surface area contributed by atoms with E-state index in [9.17, 15) is 9.59 Å². The van der Waals surface area contributed by atoms with Crippen LogP contribution in [-0.2, 0) is 17.9 Å². The van der Waals surface area contributed by atoms with Crippen LogP contribution < -0.4 is 25.1 Å². The summed E-state index contributed by atoms with van der Waals surface area (Å²) in [5, 5.41) is 3.45. The molecule has 0 aliphatic heterocycles. The summed E-state index contributed by atoms with van der Waals surface area (Å²) in [6.07, 6.45) is 2.33. The van der Waals surface area contributed by atoms with Crippen molar-refractivity contribution in [2.45, 2.75) is 25.9 Å². The van der Waals surface area contributed by atoms with Crippen molar-refractivity contribution in [3.8, 4) is 17.2 Å². The molecule has 0 radical (unpaired) electrons. The third-order valence-electron chi connectivity index (χ3n) is 4.80. The van der Waals surface area contributed by atoms with Gasteiger partial charge in [0.05, 0.1) is 38.6 Å². The Morgan fingerprint density at radius 1 is 1.03 bits per heavy atom. The minimum atomic E-state index is -0.117. The van der Waals surface area contributed by atoms with E-state index in [1.165, 1.54) is 10.9 Å². The van der Waals surface area contributed by atoms with Crippen LogP contribution in [0.15, 0.2) is 47.5 Å². The molecule has 8 heteroatoms. The van der Waals surface area contributed by atoms with Gasteiger partial charge >= 0.3 is 0 Å². The van der Waals surface area contributed by atoms with Gasteiger partial charge < -0.3 is 19.5 Å². The van der Waals surface area contributed by atoms with Crippen LogP contribution in [0.2, 0.25) is 0 Å². The number of hydrogen-bond donors (Lipinski definition) is 1. The minimum absolute atomic E-state index is 0.101. The number of carbonyl (C=O) groups is 1. The van der Waals surface area contributed by atoms with Gasteiger partial charge in [-0.25, -0.2) is 4.98 Å². The number of amides is 1. The molecule has 30 heavy (non-hydrogen) atoms. The highest BCUT2D eigenvalue weighted by Crippen LogP contribution is 2.34. The van der Waals surface area contributed by atoms with E-state index in [0.29, 0.717) is 47.7 Å². The monoisotopic (exact) mass is 411 g/mol. The molecule has 3 aromatic rings. The first-order chi connectivity index (χ1) is 14.6. The maximum Gasteiger partial charge on any atom is 0.261 e. The fraction of sp³-hybridized carbons (Fsp3) is 0.318. The number of benzene rings is 2. The van der Waals surface area contributed by atoms with Crippen molar-refractivity contribution >= 4 is 16.8 Å². The number of fused-ring (bicyclic) bond motifs is 1. The molecule has 0 bridgehead atoms. The molecule has 1 aromatic heterocycles. The quantitative estimate of drug-likeness (QED) is 0.582. The van der Waals surface area contributed by atoms with Crippen LogP contribution in [0.25, 0.3) is 10.9 Å². The first-order valence-electron chi connectivity index (χ1n) is 9.57. The van der Waals surface area contributed by atoms with E-state index in [-0.39, 0.29) is 17.9 Å². The lowest BCUT2D eigenvalue weighted by molar-refractivity contribution is -0.121. The van der Waals surface area contributed by atoms with Crippen LogP contribution in [-0.4, -0.2) is 36.8 Å². The van der Waals surface area contributed by atoms with Crippen molar-refractivity contribution in [3.63, 3.8) is 0 Å². The zero-order valence-corrected chi connectivity index (χ0v) is 17.3. The normalized spacial score (nSPS) is 10.6. The molecule has 2 aromatic carbocycles. The standard InChI is InChI=1S/C22H25N3O5/c1-28-18-12-20(30-3)19(29-2)11-15(18)13-23-21(26)9-6-10-25-14-24-17-8-5-4-7-16(17)22(25)27/h4-5,7-8,11-12,14H,6,9-10,13H2,1-3H3,(H,23,26). The largest absolute Gasteiger partial charge is 0.496 e. The summed E-state index contributed by atoms with van der Waals surface area (Å²) in [5.74, 6) is 1.60. The summed E-state index contributed by atoms with van der Waals surface area (Å²) >= 11 is 0. The van der Waals surface area contributed by atoms with Gasteiger partial charge in [0.15, 0.2) is 11.5 Å². The van der Waals surface area contributed by atoms with Crippen LogP contribution in [0.1, 0.15) is 18.4 Å². The predicted octanol–water partition coefficient (Wildman–Crippen LogP) is 2.52. The summed E-state index contributed by atoms with van der Waals surface area (Å²) in [7, 11) is 4.66. The van der Waals surface area contributed by atoms with E-state index in [0.717, 1.165) is 5.56 Å². The van der Waals surface area contributed by atoms with Crippen LogP contribution in [0.3, 0.4) is 0 Å². The average molecular weight is 411 g/mol. The lowest BCUT2D eigenvalue weighted by Gasteiger charge is -2.14. The van der Waals surface area contributed by atoms with Gasteiger partial charge in [-0.3, -0.25) is 14.2 Å². The Morgan fingerprint density at radius 2 is 1.73 bits per heavy atom. The van der Waals surface area contributed by atoms with Crippen molar-refractivity contribution in [1.29, 1.82) is 0 Å². The van der Waals surface area contributed by atoms with Crippen LogP contribution in [0, 0.1) is 0 Å². The summed E-state index contributed by atoms with van der Waals surface area (Å²) in [4.78, 5) is 29.0. The second kappa shape index (κ2) is 9.78. The van der Waals surface area contributed by atoms with E-state index in [2.05, 4.69) is 10.3 Å². The third kappa shape index (κ3) is 4.71. The first-order valence-corrected chi connectivity index (χ1v) is 9.57. The van der Waals surface area contributed by atoms with E-state index >= 15 is 0 Å². The average Bonchev–Trinajstić information content (AvgIpc) is 2.78. The molecule has 0 unspecified atom stereocenters. The maximum atomic E-state index is 12.5. The Hall–Kier alpha value is -3.55. The molecule has 8 nitrogen and oxygen atoms in total. The Morgan fingerprint density at radius 3 is 2.47 bits per heavy atom. The molecular formula is C22H25N3O5. The highest BCUT2D eigenvalue weighted by atomic mass is 16.5. The molecule has 0 fully saturated rings. The number of methoxy groups -OCH3 is 3. The van der Waals surface area contributed by atoms with Gasteiger partial charge in [-0.05, 0) is 24.6 Å². The van der Waals surface area contributed by atoms with Crippen LogP contribution in [0.4, 0.5) is 0 Å². The highest BCUT2D eigenvalue weighted by molar-refractivity contribution is 5.77. The summed E-state index contributed by atoms with van der Waals surface area (Å²) in [6.45, 7) is 0.712. The SMILES string of the molecule is COc1cc(OC)c(OC)cc1CNC(=O)CCCn1cnc2ccccc2c1=O. The van der Waals surface area contributed by atoms with Gasteiger partial charge in [-0.15, -0.1) is 0 Å². The molecule has 0 saturated heterocycles. The lowest BCUT2D eigenvalue weighted by Crippen LogP contribution is -2.25. The number of aryl methyl sites for hydroxylation is 1. The molecule has 0 atom stereocenters. The molecule has 0 aliphatic carbocycles. The third-order valence-corrected chi connectivity index (χ3v) is 4.80. The van der Waals surface area contributed by atoms with E-state index in [1.54, 1.807) is 45.6 Å². The minimum Gasteiger partial charge on any atom is -0.496 e. The second-order valence-corrected chi connectivity index (χ2v) is 6.66. The van der Waals surface area contributed by atoms with Gasteiger partial charge in [0, 0.05) is 31.1 Å². The van der Waals surface area contributed by atoms with Crippen LogP contribution in [0.5, 0.6) is 17.2 Å². The van der Waals surface area contributed by atoms with Crippen LogP contribution >= 0.6 is 0 Å². The number of nitrogens with one attached hydrogen (secondary N) is 1. The highest BCUT2D eigenvalue weighted by Gasteiger charge is 2.13. The number of carbonyl (C=O) groups excluding carboxylic acids is 1. The smallest absolute Gasteiger partial charge is 0.261 e. The predicted molar refractivity (Wildman–Crippen MR) is 113 cm³/mol. The molecular weight excluding hydrogens is 386 g/mol. The van der Waals surface area contributed by atoms with Crippen molar-refractivity contribution in [1.82, 2.24) is 14.9 Å². The number of ether oxygens (including phenoxy) is 3. The molecule has 0 spiro atoms. The Balaban J connectivity index is 1.57. The Labute approximate surface area is 174 Å². The Bertz CT molecular complexity index is 1090. The van der Waals surface area contributed by atoms with E-state index in [1.807, 2.05) is 12.1 Å².